The molecule has 1 saturated heterocycles. The van der Waals surface area contributed by atoms with Crippen molar-refractivity contribution in [2.75, 3.05) is 13.1 Å². The fraction of sp³-hybridized carbons (Fsp3) is 0.318. The molecule has 1 atom stereocenters. The lowest BCUT2D eigenvalue weighted by molar-refractivity contribution is -0.129. The van der Waals surface area contributed by atoms with Crippen molar-refractivity contribution in [1.29, 1.82) is 0 Å². The smallest absolute Gasteiger partial charge is 0.240 e. The van der Waals surface area contributed by atoms with Crippen LogP contribution in [0, 0.1) is 13.8 Å². The van der Waals surface area contributed by atoms with E-state index < -0.39 is 0 Å². The minimum Gasteiger partial charge on any atom is -0.464 e. The first-order valence-corrected chi connectivity index (χ1v) is 9.94. The second-order valence-corrected chi connectivity index (χ2v) is 7.75. The third-order valence-corrected chi connectivity index (χ3v) is 5.53. The number of benzene rings is 1. The Morgan fingerprint density at radius 3 is 2.87 bits per heavy atom. The van der Waals surface area contributed by atoms with Gasteiger partial charge in [0.15, 0.2) is 0 Å². The van der Waals surface area contributed by atoms with Crippen molar-refractivity contribution >= 4 is 16.9 Å². The van der Waals surface area contributed by atoms with Gasteiger partial charge in [-0.15, -0.1) is 0 Å². The Morgan fingerprint density at radius 2 is 2.03 bits per heavy atom. The molecule has 0 radical (unpaired) electrons. The molecule has 1 aromatic carbocycles. The zero-order valence-electron chi connectivity index (χ0n) is 16.8. The van der Waals surface area contributed by atoms with Gasteiger partial charge in [-0.05, 0) is 43.5 Å². The molecule has 4 aromatic rings. The molecular formula is C22H21N5O3. The Morgan fingerprint density at radius 1 is 1.20 bits per heavy atom. The number of aromatic nitrogens is 4. The number of hydrogen-bond donors (Lipinski definition) is 0. The zero-order valence-corrected chi connectivity index (χ0v) is 16.8. The molecule has 8 heteroatoms. The molecular weight excluding hydrogens is 382 g/mol. The first kappa shape index (κ1) is 18.5. The van der Waals surface area contributed by atoms with Crippen LogP contribution in [-0.2, 0) is 11.2 Å². The van der Waals surface area contributed by atoms with E-state index >= 15 is 0 Å². The van der Waals surface area contributed by atoms with Gasteiger partial charge in [-0.2, -0.15) is 4.98 Å². The van der Waals surface area contributed by atoms with Gasteiger partial charge in [-0.25, -0.2) is 9.97 Å². The SMILES string of the molecule is Cc1cc(C)c2c(CC(=O)N3CC[C@H](c4nc(-c5ncccn5)no4)C3)coc2c1. The summed E-state index contributed by atoms with van der Waals surface area (Å²) in [6, 6.07) is 5.85. The van der Waals surface area contributed by atoms with Crippen LogP contribution in [0.5, 0.6) is 0 Å². The molecule has 0 aliphatic carbocycles. The van der Waals surface area contributed by atoms with E-state index in [1.54, 1.807) is 24.7 Å². The van der Waals surface area contributed by atoms with Crippen LogP contribution in [0.15, 0.2) is 45.8 Å². The largest absolute Gasteiger partial charge is 0.464 e. The highest BCUT2D eigenvalue weighted by molar-refractivity contribution is 5.90. The predicted molar refractivity (Wildman–Crippen MR) is 109 cm³/mol. The quantitative estimate of drug-likeness (QED) is 0.515. The number of aryl methyl sites for hydroxylation is 2. The number of likely N-dealkylation sites (tertiary alicyclic amines) is 1. The van der Waals surface area contributed by atoms with E-state index in [0.29, 0.717) is 37.0 Å². The van der Waals surface area contributed by atoms with Gasteiger partial charge < -0.3 is 13.8 Å². The van der Waals surface area contributed by atoms with E-state index in [1.165, 1.54) is 0 Å². The van der Waals surface area contributed by atoms with E-state index in [0.717, 1.165) is 34.1 Å². The third-order valence-electron chi connectivity index (χ3n) is 5.53. The summed E-state index contributed by atoms with van der Waals surface area (Å²) < 4.78 is 11.1. The molecule has 152 valence electrons. The Labute approximate surface area is 172 Å². The molecule has 0 saturated carbocycles. The van der Waals surface area contributed by atoms with Gasteiger partial charge in [0.1, 0.15) is 5.58 Å². The van der Waals surface area contributed by atoms with Crippen molar-refractivity contribution in [2.45, 2.75) is 32.6 Å². The van der Waals surface area contributed by atoms with E-state index in [-0.39, 0.29) is 11.8 Å². The molecule has 0 unspecified atom stereocenters. The second kappa shape index (κ2) is 7.37. The summed E-state index contributed by atoms with van der Waals surface area (Å²) in [5, 5.41) is 5.02. The molecule has 8 nitrogen and oxygen atoms in total. The summed E-state index contributed by atoms with van der Waals surface area (Å²) in [6.07, 6.45) is 6.07. The van der Waals surface area contributed by atoms with Crippen LogP contribution in [0.3, 0.4) is 0 Å². The molecule has 3 aromatic heterocycles. The summed E-state index contributed by atoms with van der Waals surface area (Å²) in [4.78, 5) is 27.5. The van der Waals surface area contributed by atoms with Crippen molar-refractivity contribution in [3.63, 3.8) is 0 Å². The average Bonchev–Trinajstić information content (AvgIpc) is 3.48. The molecule has 1 fully saturated rings. The van der Waals surface area contributed by atoms with Crippen molar-refractivity contribution in [3.05, 3.63) is 59.4 Å². The van der Waals surface area contributed by atoms with Gasteiger partial charge >= 0.3 is 0 Å². The normalized spacial score (nSPS) is 16.5. The standard InChI is InChI=1S/C22H21N5O3/c1-13-8-14(2)19-16(12-29-17(19)9-13)10-18(28)27-7-4-15(11-27)22-25-21(26-30-22)20-23-5-3-6-24-20/h3,5-6,8-9,12,15H,4,7,10-11H2,1-2H3/t15-/m0/s1. The number of hydrogen-bond acceptors (Lipinski definition) is 7. The van der Waals surface area contributed by atoms with E-state index in [1.807, 2.05) is 24.8 Å². The van der Waals surface area contributed by atoms with E-state index in [2.05, 4.69) is 26.2 Å². The predicted octanol–water partition coefficient (Wildman–Crippen LogP) is 3.45. The maximum Gasteiger partial charge on any atom is 0.240 e. The Kier molecular flexibility index (Phi) is 4.54. The number of amides is 1. The molecule has 1 aliphatic rings. The fourth-order valence-corrected chi connectivity index (χ4v) is 4.13. The molecule has 0 bridgehead atoms. The van der Waals surface area contributed by atoms with Crippen LogP contribution in [-0.4, -0.2) is 44.0 Å². The topological polar surface area (TPSA) is 98.2 Å². The lowest BCUT2D eigenvalue weighted by Crippen LogP contribution is -2.29. The van der Waals surface area contributed by atoms with E-state index in [4.69, 9.17) is 8.94 Å². The van der Waals surface area contributed by atoms with Gasteiger partial charge in [-0.3, -0.25) is 4.79 Å². The Balaban J connectivity index is 1.28. The second-order valence-electron chi connectivity index (χ2n) is 7.75. The molecule has 5 rings (SSSR count). The van der Waals surface area contributed by atoms with Gasteiger partial charge in [0, 0.05) is 36.4 Å². The number of furan rings is 1. The lowest BCUT2D eigenvalue weighted by atomic mass is 10.0. The summed E-state index contributed by atoms with van der Waals surface area (Å²) in [6.45, 7) is 5.31. The third kappa shape index (κ3) is 3.34. The van der Waals surface area contributed by atoms with Crippen LogP contribution < -0.4 is 0 Å². The van der Waals surface area contributed by atoms with Gasteiger partial charge in [-0.1, -0.05) is 11.2 Å². The van der Waals surface area contributed by atoms with Gasteiger partial charge in [0.05, 0.1) is 18.6 Å². The summed E-state index contributed by atoms with van der Waals surface area (Å²) in [5.41, 5.74) is 4.03. The van der Waals surface area contributed by atoms with Crippen LogP contribution in [0.2, 0.25) is 0 Å². The minimum atomic E-state index is 0.0180. The van der Waals surface area contributed by atoms with Crippen molar-refractivity contribution < 1.29 is 13.7 Å². The molecule has 30 heavy (non-hydrogen) atoms. The molecule has 1 aliphatic heterocycles. The zero-order chi connectivity index (χ0) is 20.7. The van der Waals surface area contributed by atoms with Crippen LogP contribution in [0.25, 0.3) is 22.6 Å². The first-order chi connectivity index (χ1) is 14.6. The van der Waals surface area contributed by atoms with Crippen molar-refractivity contribution in [3.8, 4) is 11.6 Å². The number of nitrogens with zero attached hydrogens (tertiary/aromatic N) is 5. The first-order valence-electron chi connectivity index (χ1n) is 9.94. The molecule has 4 heterocycles. The maximum atomic E-state index is 12.9. The van der Waals surface area contributed by atoms with Crippen LogP contribution in [0.4, 0.5) is 0 Å². The van der Waals surface area contributed by atoms with Gasteiger partial charge in [0.25, 0.3) is 0 Å². The molecule has 1 amide bonds. The minimum absolute atomic E-state index is 0.0180. The highest BCUT2D eigenvalue weighted by Crippen LogP contribution is 2.30. The fourth-order valence-electron chi connectivity index (χ4n) is 4.13. The highest BCUT2D eigenvalue weighted by Gasteiger charge is 2.31. The monoisotopic (exact) mass is 403 g/mol. The summed E-state index contributed by atoms with van der Waals surface area (Å²) >= 11 is 0. The molecule has 0 spiro atoms. The number of fused-ring (bicyclic) bond motifs is 1. The Bertz CT molecular complexity index is 1210. The number of rotatable bonds is 4. The van der Waals surface area contributed by atoms with E-state index in [9.17, 15) is 4.79 Å². The summed E-state index contributed by atoms with van der Waals surface area (Å²) in [5.74, 6) is 1.41. The van der Waals surface area contributed by atoms with Crippen molar-refractivity contribution in [1.82, 2.24) is 25.0 Å². The van der Waals surface area contributed by atoms with Crippen LogP contribution >= 0.6 is 0 Å². The highest BCUT2D eigenvalue weighted by atomic mass is 16.5. The molecule has 0 N–H and O–H groups in total. The maximum absolute atomic E-state index is 12.9. The van der Waals surface area contributed by atoms with Crippen molar-refractivity contribution in [2.24, 2.45) is 0 Å². The van der Waals surface area contributed by atoms with Gasteiger partial charge in [0.2, 0.25) is 23.4 Å². The lowest BCUT2D eigenvalue weighted by Gasteiger charge is -2.15. The average molecular weight is 403 g/mol. The number of carbonyl (C=O) groups excluding carboxylic acids is 1. The summed E-state index contributed by atoms with van der Waals surface area (Å²) in [7, 11) is 0. The Hall–Kier alpha value is -3.55. The van der Waals surface area contributed by atoms with Crippen LogP contribution in [0.1, 0.15) is 34.9 Å². The number of carbonyl (C=O) groups is 1.